The summed E-state index contributed by atoms with van der Waals surface area (Å²) in [4.78, 5) is 1.86. The molecule has 1 saturated carbocycles. The molecule has 18 heavy (non-hydrogen) atoms. The first kappa shape index (κ1) is 13.1. The van der Waals surface area contributed by atoms with Crippen molar-refractivity contribution < 1.29 is 13.2 Å². The SMILES string of the molecule is CCCN(c1ccc(N)cc1C(F)(F)F)C1CC1. The largest absolute Gasteiger partial charge is 0.418 e. The topological polar surface area (TPSA) is 29.3 Å². The number of nitrogens with two attached hydrogens (primary N) is 1. The van der Waals surface area contributed by atoms with E-state index in [4.69, 9.17) is 5.73 Å². The van der Waals surface area contributed by atoms with Crippen molar-refractivity contribution in [3.05, 3.63) is 23.8 Å². The molecule has 1 aliphatic carbocycles. The first-order valence-corrected chi connectivity index (χ1v) is 6.17. The van der Waals surface area contributed by atoms with E-state index in [1.165, 1.54) is 12.1 Å². The second-order valence-corrected chi connectivity index (χ2v) is 4.70. The standard InChI is InChI=1S/C13H17F3N2/c1-2-7-18(10-4-5-10)12-6-3-9(17)8-11(12)13(14,15)16/h3,6,8,10H,2,4-5,7,17H2,1H3. The van der Waals surface area contributed by atoms with Crippen molar-refractivity contribution in [3.63, 3.8) is 0 Å². The van der Waals surface area contributed by atoms with Crippen LogP contribution in [0.5, 0.6) is 0 Å². The van der Waals surface area contributed by atoms with E-state index < -0.39 is 11.7 Å². The highest BCUT2D eigenvalue weighted by atomic mass is 19.4. The second-order valence-electron chi connectivity index (χ2n) is 4.70. The van der Waals surface area contributed by atoms with Crippen molar-refractivity contribution in [2.24, 2.45) is 0 Å². The van der Waals surface area contributed by atoms with Crippen LogP contribution in [-0.4, -0.2) is 12.6 Å². The lowest BCUT2D eigenvalue weighted by Gasteiger charge is -2.27. The number of hydrogen-bond acceptors (Lipinski definition) is 2. The number of alkyl halides is 3. The van der Waals surface area contributed by atoms with Crippen LogP contribution in [0.15, 0.2) is 18.2 Å². The van der Waals surface area contributed by atoms with Crippen LogP contribution in [-0.2, 0) is 6.18 Å². The van der Waals surface area contributed by atoms with Crippen molar-refractivity contribution >= 4 is 11.4 Å². The van der Waals surface area contributed by atoms with Gasteiger partial charge < -0.3 is 10.6 Å². The second kappa shape index (κ2) is 4.71. The molecule has 1 aromatic rings. The van der Waals surface area contributed by atoms with Gasteiger partial charge in [0.15, 0.2) is 0 Å². The predicted molar refractivity (Wildman–Crippen MR) is 66.5 cm³/mol. The quantitative estimate of drug-likeness (QED) is 0.835. The van der Waals surface area contributed by atoms with Crippen LogP contribution in [0.3, 0.4) is 0 Å². The molecule has 0 heterocycles. The minimum Gasteiger partial charge on any atom is -0.399 e. The van der Waals surface area contributed by atoms with Crippen molar-refractivity contribution in [2.75, 3.05) is 17.2 Å². The molecule has 0 amide bonds. The molecule has 0 unspecified atom stereocenters. The number of nitrogen functional groups attached to an aromatic ring is 1. The zero-order valence-electron chi connectivity index (χ0n) is 10.3. The number of rotatable bonds is 4. The molecule has 1 fully saturated rings. The van der Waals surface area contributed by atoms with Crippen LogP contribution in [0.4, 0.5) is 24.5 Å². The first-order valence-electron chi connectivity index (χ1n) is 6.17. The molecule has 0 spiro atoms. The minimum absolute atomic E-state index is 0.151. The summed E-state index contributed by atoms with van der Waals surface area (Å²) in [5, 5.41) is 0. The van der Waals surface area contributed by atoms with Crippen molar-refractivity contribution in [1.82, 2.24) is 0 Å². The summed E-state index contributed by atoms with van der Waals surface area (Å²) in [5.74, 6) is 0. The van der Waals surface area contributed by atoms with Gasteiger partial charge in [0.25, 0.3) is 0 Å². The molecule has 5 heteroatoms. The highest BCUT2D eigenvalue weighted by Gasteiger charge is 2.38. The molecule has 0 radical (unpaired) electrons. The lowest BCUT2D eigenvalue weighted by atomic mass is 10.1. The maximum absolute atomic E-state index is 13.0. The van der Waals surface area contributed by atoms with Gasteiger partial charge in [-0.3, -0.25) is 0 Å². The van der Waals surface area contributed by atoms with Gasteiger partial charge in [0.05, 0.1) is 5.56 Å². The van der Waals surface area contributed by atoms with Gasteiger partial charge in [0, 0.05) is 24.0 Å². The van der Waals surface area contributed by atoms with Gasteiger partial charge in [-0.1, -0.05) is 6.92 Å². The third-order valence-corrected chi connectivity index (χ3v) is 3.09. The van der Waals surface area contributed by atoms with Crippen molar-refractivity contribution in [3.8, 4) is 0 Å². The lowest BCUT2D eigenvalue weighted by molar-refractivity contribution is -0.137. The maximum atomic E-state index is 13.0. The molecule has 0 aromatic heterocycles. The average molecular weight is 258 g/mol. The Kier molecular flexibility index (Phi) is 3.41. The molecular weight excluding hydrogens is 241 g/mol. The highest BCUT2D eigenvalue weighted by molar-refractivity contribution is 5.62. The number of benzene rings is 1. The van der Waals surface area contributed by atoms with E-state index in [1.807, 2.05) is 11.8 Å². The van der Waals surface area contributed by atoms with E-state index in [0.29, 0.717) is 6.54 Å². The van der Waals surface area contributed by atoms with E-state index >= 15 is 0 Å². The molecule has 1 aromatic carbocycles. The molecule has 100 valence electrons. The van der Waals surface area contributed by atoms with Gasteiger partial charge in [-0.25, -0.2) is 0 Å². The minimum atomic E-state index is -4.36. The van der Waals surface area contributed by atoms with Crippen LogP contribution >= 0.6 is 0 Å². The Morgan fingerprint density at radius 2 is 2.00 bits per heavy atom. The number of halogens is 3. The van der Waals surface area contributed by atoms with Gasteiger partial charge in [-0.2, -0.15) is 13.2 Å². The van der Waals surface area contributed by atoms with Crippen LogP contribution < -0.4 is 10.6 Å². The summed E-state index contributed by atoms with van der Waals surface area (Å²) in [7, 11) is 0. The Morgan fingerprint density at radius 1 is 1.33 bits per heavy atom. The summed E-state index contributed by atoms with van der Waals surface area (Å²) < 4.78 is 39.1. The average Bonchev–Trinajstić information content (AvgIpc) is 3.09. The van der Waals surface area contributed by atoms with Crippen LogP contribution in [0.2, 0.25) is 0 Å². The van der Waals surface area contributed by atoms with E-state index in [9.17, 15) is 13.2 Å². The molecule has 0 bridgehead atoms. The summed E-state index contributed by atoms with van der Waals surface area (Å²) in [5.41, 5.74) is 5.27. The summed E-state index contributed by atoms with van der Waals surface area (Å²) in [6.45, 7) is 2.62. The zero-order chi connectivity index (χ0) is 13.3. The predicted octanol–water partition coefficient (Wildman–Crippen LogP) is 3.67. The highest BCUT2D eigenvalue weighted by Crippen LogP contribution is 2.41. The molecule has 0 saturated heterocycles. The van der Waals surface area contributed by atoms with Gasteiger partial charge in [-0.15, -0.1) is 0 Å². The Bertz CT molecular complexity index is 425. The van der Waals surface area contributed by atoms with E-state index in [-0.39, 0.29) is 17.4 Å². The third-order valence-electron chi connectivity index (χ3n) is 3.09. The molecule has 2 nitrogen and oxygen atoms in total. The Morgan fingerprint density at radius 3 is 2.50 bits per heavy atom. The maximum Gasteiger partial charge on any atom is 0.418 e. The van der Waals surface area contributed by atoms with Crippen LogP contribution in [0, 0.1) is 0 Å². The Labute approximate surface area is 105 Å². The Balaban J connectivity index is 2.41. The van der Waals surface area contributed by atoms with E-state index in [1.54, 1.807) is 0 Å². The normalized spacial score (nSPS) is 15.8. The fraction of sp³-hybridized carbons (Fsp3) is 0.538. The Hall–Kier alpha value is -1.39. The van der Waals surface area contributed by atoms with E-state index in [0.717, 1.165) is 25.3 Å². The fourth-order valence-electron chi connectivity index (χ4n) is 2.16. The number of nitrogens with zero attached hydrogens (tertiary/aromatic N) is 1. The molecule has 2 N–H and O–H groups in total. The first-order chi connectivity index (χ1) is 8.43. The van der Waals surface area contributed by atoms with Gasteiger partial charge in [0.1, 0.15) is 0 Å². The molecule has 0 atom stereocenters. The molecule has 2 rings (SSSR count). The van der Waals surface area contributed by atoms with Crippen LogP contribution in [0.1, 0.15) is 31.7 Å². The third kappa shape index (κ3) is 2.71. The molecule has 0 aliphatic heterocycles. The summed E-state index contributed by atoms with van der Waals surface area (Å²) >= 11 is 0. The number of anilines is 2. The van der Waals surface area contributed by atoms with Gasteiger partial charge >= 0.3 is 6.18 Å². The lowest BCUT2D eigenvalue weighted by Crippen LogP contribution is -2.29. The summed E-state index contributed by atoms with van der Waals surface area (Å²) in [6, 6.07) is 4.32. The summed E-state index contributed by atoms with van der Waals surface area (Å²) in [6.07, 6.45) is -1.58. The van der Waals surface area contributed by atoms with Gasteiger partial charge in [0.2, 0.25) is 0 Å². The molecular formula is C13H17F3N2. The van der Waals surface area contributed by atoms with Crippen LogP contribution in [0.25, 0.3) is 0 Å². The monoisotopic (exact) mass is 258 g/mol. The molecule has 1 aliphatic rings. The van der Waals surface area contributed by atoms with E-state index in [2.05, 4.69) is 0 Å². The van der Waals surface area contributed by atoms with Crippen molar-refractivity contribution in [1.29, 1.82) is 0 Å². The zero-order valence-corrected chi connectivity index (χ0v) is 10.3. The smallest absolute Gasteiger partial charge is 0.399 e. The fourth-order valence-corrected chi connectivity index (χ4v) is 2.16. The van der Waals surface area contributed by atoms with Crippen molar-refractivity contribution in [2.45, 2.75) is 38.4 Å². The van der Waals surface area contributed by atoms with Gasteiger partial charge in [-0.05, 0) is 37.5 Å². The number of hydrogen-bond donors (Lipinski definition) is 1.